The molecule has 0 amide bonds. The average molecular weight is 476 g/mol. The highest BCUT2D eigenvalue weighted by atomic mass is 16.4. The summed E-state index contributed by atoms with van der Waals surface area (Å²) in [5.41, 5.74) is 2.31. The Kier molecular flexibility index (Phi) is 5.00. The monoisotopic (exact) mass is 476 g/mol. The van der Waals surface area contributed by atoms with Crippen molar-refractivity contribution in [3.63, 3.8) is 0 Å². The topological polar surface area (TPSA) is 103 Å². The quantitative estimate of drug-likeness (QED) is 0.341. The molecule has 0 bridgehead atoms. The van der Waals surface area contributed by atoms with Crippen LogP contribution in [0.1, 0.15) is 18.5 Å². The fourth-order valence-corrected chi connectivity index (χ4v) is 4.38. The maximum atomic E-state index is 13.5. The smallest absolute Gasteiger partial charge is 0.326 e. The number of furan rings is 1. The Morgan fingerprint density at radius 2 is 1.75 bits per heavy atom. The van der Waals surface area contributed by atoms with Crippen LogP contribution in [0, 0.1) is 0 Å². The molecule has 0 aliphatic carbocycles. The van der Waals surface area contributed by atoms with Crippen LogP contribution in [0.4, 0.5) is 0 Å². The second-order valence-corrected chi connectivity index (χ2v) is 8.49. The van der Waals surface area contributed by atoms with E-state index in [4.69, 9.17) is 9.40 Å². The zero-order chi connectivity index (χ0) is 24.8. The van der Waals surface area contributed by atoms with Gasteiger partial charge in [-0.3, -0.25) is 4.79 Å². The van der Waals surface area contributed by atoms with Crippen LogP contribution >= 0.6 is 0 Å². The van der Waals surface area contributed by atoms with E-state index >= 15 is 0 Å². The molecule has 3 aromatic carbocycles. The van der Waals surface area contributed by atoms with E-state index in [0.717, 1.165) is 16.3 Å². The van der Waals surface area contributed by atoms with Crippen LogP contribution < -0.4 is 5.56 Å². The molecule has 0 spiro atoms. The van der Waals surface area contributed by atoms with Crippen LogP contribution in [0.2, 0.25) is 0 Å². The van der Waals surface area contributed by atoms with Gasteiger partial charge in [0.2, 0.25) is 5.82 Å². The average Bonchev–Trinajstić information content (AvgIpc) is 3.49. The summed E-state index contributed by atoms with van der Waals surface area (Å²) in [7, 11) is 0. The van der Waals surface area contributed by atoms with Crippen molar-refractivity contribution in [1.82, 2.24) is 14.2 Å². The number of aliphatic carboxylic acids is 1. The number of hydrogen-bond donors (Lipinski definition) is 1. The lowest BCUT2D eigenvalue weighted by atomic mass is 10.2. The van der Waals surface area contributed by atoms with Crippen LogP contribution in [0.15, 0.2) is 99.4 Å². The van der Waals surface area contributed by atoms with Crippen LogP contribution in [-0.4, -0.2) is 31.5 Å². The minimum absolute atomic E-state index is 0.272. The predicted octanol–water partition coefficient (Wildman–Crippen LogP) is 5.29. The highest BCUT2D eigenvalue weighted by Gasteiger charge is 2.19. The lowest BCUT2D eigenvalue weighted by Gasteiger charge is -2.09. The summed E-state index contributed by atoms with van der Waals surface area (Å²) in [5.74, 6) is -0.256. The van der Waals surface area contributed by atoms with Crippen molar-refractivity contribution in [3.8, 4) is 11.6 Å². The van der Waals surface area contributed by atoms with Crippen molar-refractivity contribution in [2.24, 2.45) is 5.10 Å². The number of hydrogen-bond acceptors (Lipinski definition) is 5. The summed E-state index contributed by atoms with van der Waals surface area (Å²) in [6.45, 7) is 1.62. The van der Waals surface area contributed by atoms with Crippen molar-refractivity contribution in [2.75, 3.05) is 0 Å². The van der Waals surface area contributed by atoms with E-state index in [1.165, 1.54) is 4.68 Å². The van der Waals surface area contributed by atoms with E-state index in [2.05, 4.69) is 5.10 Å². The number of fused-ring (bicyclic) bond motifs is 3. The molecular formula is C28H20N4O4. The molecule has 0 unspecified atom stereocenters. The molecule has 36 heavy (non-hydrogen) atoms. The number of carbonyl (C=O) groups is 1. The fraction of sp³-hybridized carbons (Fsp3) is 0.0714. The van der Waals surface area contributed by atoms with Gasteiger partial charge in [0, 0.05) is 28.0 Å². The van der Waals surface area contributed by atoms with Gasteiger partial charge in [-0.1, -0.05) is 48.5 Å². The Hall–Kier alpha value is -4.98. The molecule has 8 heteroatoms. The predicted molar refractivity (Wildman–Crippen MR) is 138 cm³/mol. The highest BCUT2D eigenvalue weighted by Crippen LogP contribution is 2.28. The normalized spacial score (nSPS) is 12.7. The molecule has 0 aliphatic rings. The Balaban J connectivity index is 1.56. The molecule has 1 atom stereocenters. The van der Waals surface area contributed by atoms with E-state index in [-0.39, 0.29) is 11.4 Å². The maximum absolute atomic E-state index is 13.5. The Bertz CT molecular complexity index is 1840. The van der Waals surface area contributed by atoms with Crippen molar-refractivity contribution in [2.45, 2.75) is 13.0 Å². The number of aromatic nitrogens is 3. The van der Waals surface area contributed by atoms with Gasteiger partial charge in [0.15, 0.2) is 5.76 Å². The number of rotatable bonds is 5. The van der Waals surface area contributed by atoms with Crippen LogP contribution in [-0.2, 0) is 4.79 Å². The molecule has 176 valence electrons. The zero-order valence-corrected chi connectivity index (χ0v) is 19.2. The van der Waals surface area contributed by atoms with Gasteiger partial charge in [-0.15, -0.1) is 0 Å². The van der Waals surface area contributed by atoms with Gasteiger partial charge in [-0.05, 0) is 37.3 Å². The van der Waals surface area contributed by atoms with Crippen molar-refractivity contribution < 1.29 is 14.3 Å². The molecule has 0 radical (unpaired) electrons. The van der Waals surface area contributed by atoms with Crippen LogP contribution in [0.5, 0.6) is 0 Å². The van der Waals surface area contributed by atoms with Gasteiger partial charge >= 0.3 is 5.97 Å². The molecule has 0 aliphatic heterocycles. The van der Waals surface area contributed by atoms with Crippen LogP contribution in [0.25, 0.3) is 44.4 Å². The lowest BCUT2D eigenvalue weighted by molar-refractivity contribution is -0.140. The first-order chi connectivity index (χ1) is 17.5. The maximum Gasteiger partial charge on any atom is 0.326 e. The Labute approximate surface area is 204 Å². The van der Waals surface area contributed by atoms with E-state index in [1.54, 1.807) is 42.1 Å². The van der Waals surface area contributed by atoms with E-state index in [9.17, 15) is 14.7 Å². The third-order valence-electron chi connectivity index (χ3n) is 6.26. The number of nitrogens with zero attached hydrogens (tertiary/aromatic N) is 4. The minimum Gasteiger partial charge on any atom is -0.480 e. The first-order valence-electron chi connectivity index (χ1n) is 11.4. The molecule has 1 N–H and O–H groups in total. The molecule has 3 heterocycles. The molecule has 3 aromatic heterocycles. The third-order valence-corrected chi connectivity index (χ3v) is 6.26. The number of benzene rings is 3. The Morgan fingerprint density at radius 1 is 1.03 bits per heavy atom. The van der Waals surface area contributed by atoms with Gasteiger partial charge < -0.3 is 14.1 Å². The molecule has 0 saturated heterocycles. The molecule has 6 rings (SSSR count). The van der Waals surface area contributed by atoms with Gasteiger partial charge in [-0.2, -0.15) is 9.78 Å². The van der Waals surface area contributed by atoms with Crippen LogP contribution in [0.3, 0.4) is 0 Å². The second kappa shape index (κ2) is 8.35. The molecule has 0 fully saturated rings. The molecule has 0 saturated carbocycles. The summed E-state index contributed by atoms with van der Waals surface area (Å²) in [6.07, 6.45) is 3.28. The zero-order valence-electron chi connectivity index (χ0n) is 19.2. The van der Waals surface area contributed by atoms with Crippen molar-refractivity contribution in [3.05, 3.63) is 101 Å². The third kappa shape index (κ3) is 3.47. The first kappa shape index (κ1) is 21.5. The molecule has 8 nitrogen and oxygen atoms in total. The van der Waals surface area contributed by atoms with Gasteiger partial charge in [0.25, 0.3) is 5.56 Å². The lowest BCUT2D eigenvalue weighted by Crippen LogP contribution is -2.20. The summed E-state index contributed by atoms with van der Waals surface area (Å²) >= 11 is 0. The standard InChI is InChI=1S/C28H20N4O4/c1-17(28(34)35)31-16-19(20-9-4-6-12-23(20)31)15-29-32-26(25-14-18-8-2-7-13-24(18)36-25)30-22-11-5-3-10-21(22)27(32)33/h2-17H,1H3,(H,34,35)/t17-/m0/s1. The number of para-hydroxylation sites is 3. The van der Waals surface area contributed by atoms with Gasteiger partial charge in [0.05, 0.1) is 17.1 Å². The fourth-order valence-electron chi connectivity index (χ4n) is 4.38. The van der Waals surface area contributed by atoms with Gasteiger partial charge in [-0.25, -0.2) is 9.78 Å². The molecule has 6 aromatic rings. The number of carboxylic acid groups (broad SMARTS) is 1. The highest BCUT2D eigenvalue weighted by molar-refractivity contribution is 6.00. The summed E-state index contributed by atoms with van der Waals surface area (Å²) in [4.78, 5) is 29.9. The summed E-state index contributed by atoms with van der Waals surface area (Å²) in [6, 6.07) is 23.2. The Morgan fingerprint density at radius 3 is 2.56 bits per heavy atom. The first-order valence-corrected chi connectivity index (χ1v) is 11.4. The van der Waals surface area contributed by atoms with Crippen molar-refractivity contribution >= 4 is 45.0 Å². The minimum atomic E-state index is -0.943. The SMILES string of the molecule is C[C@@H](C(=O)O)n1cc(C=Nn2c(-c3cc4ccccc4o3)nc3ccccc3c2=O)c2ccccc21. The van der Waals surface area contributed by atoms with Crippen molar-refractivity contribution in [1.29, 1.82) is 0 Å². The number of carboxylic acids is 1. The summed E-state index contributed by atoms with van der Waals surface area (Å²) < 4.78 is 8.93. The van der Waals surface area contributed by atoms with E-state index < -0.39 is 12.0 Å². The van der Waals surface area contributed by atoms with Gasteiger partial charge in [0.1, 0.15) is 11.6 Å². The summed E-state index contributed by atoms with van der Waals surface area (Å²) in [5, 5.41) is 16.2. The second-order valence-electron chi connectivity index (χ2n) is 8.49. The van der Waals surface area contributed by atoms with E-state index in [1.807, 2.05) is 60.7 Å². The largest absolute Gasteiger partial charge is 0.480 e. The van der Waals surface area contributed by atoms with E-state index in [0.29, 0.717) is 27.8 Å². The molecular weight excluding hydrogens is 456 g/mol.